The van der Waals surface area contributed by atoms with Gasteiger partial charge in [0.1, 0.15) is 53.5 Å². The molecule has 2 aromatic carbocycles. The highest BCUT2D eigenvalue weighted by atomic mass is 16.7. The van der Waals surface area contributed by atoms with Crippen LogP contribution in [0.15, 0.2) is 39.5 Å². The summed E-state index contributed by atoms with van der Waals surface area (Å²) in [5.74, 6) is -3.71. The van der Waals surface area contributed by atoms with E-state index < -0.39 is 102 Å². The van der Waals surface area contributed by atoms with Crippen LogP contribution in [-0.4, -0.2) is 108 Å². The highest BCUT2D eigenvalue weighted by molar-refractivity contribution is 5.95. The largest absolute Gasteiger partial charge is 0.508 e. The van der Waals surface area contributed by atoms with Crippen LogP contribution in [0.1, 0.15) is 0 Å². The molecular formula is C25H26O15. The number of hydrogen-bond acceptors (Lipinski definition) is 15. The summed E-state index contributed by atoms with van der Waals surface area (Å²) in [5, 5.41) is 91.2. The van der Waals surface area contributed by atoms with Gasteiger partial charge in [-0.2, -0.15) is 0 Å². The van der Waals surface area contributed by atoms with Crippen LogP contribution in [0.4, 0.5) is 0 Å². The van der Waals surface area contributed by atoms with E-state index in [4.69, 9.17) is 23.4 Å². The van der Waals surface area contributed by atoms with E-state index in [0.29, 0.717) is 5.56 Å². The molecule has 0 amide bonds. The van der Waals surface area contributed by atoms with E-state index in [1.165, 1.54) is 24.3 Å². The Labute approximate surface area is 223 Å². The van der Waals surface area contributed by atoms with E-state index in [-0.39, 0.29) is 11.5 Å². The fourth-order valence-corrected chi connectivity index (χ4v) is 4.30. The number of phenols is 3. The van der Waals surface area contributed by atoms with Crippen LogP contribution in [0.2, 0.25) is 0 Å². The van der Waals surface area contributed by atoms with Crippen molar-refractivity contribution in [3.8, 4) is 40.1 Å². The van der Waals surface area contributed by atoms with Gasteiger partial charge in [-0.1, -0.05) is 0 Å². The molecule has 15 heteroatoms. The maximum Gasteiger partial charge on any atom is 0.229 e. The molecule has 2 saturated heterocycles. The topological polar surface area (TPSA) is 249 Å². The summed E-state index contributed by atoms with van der Waals surface area (Å²) in [7, 11) is 0. The number of aliphatic hydroxyl groups excluding tert-OH is 6. The lowest BCUT2D eigenvalue weighted by atomic mass is 10.1. The Morgan fingerprint density at radius 3 is 1.77 bits per heavy atom. The standard InChI is InChI=1S/C25H26O15/c26-9-3-1-8(2-4-9)13-5-10(27)14-17(32)22(39-24-18(33)15(30)11(28)6-36-24)20(35)23(21(14)38-13)40-25-19(34)16(31)12(29)7-37-25/h1-5,11-12,15-16,18-19,24-26,28-35H,6-7H2/t11-,12-,15-,16+,18+,19-,24-,25+/m1/s1. The Balaban J connectivity index is 1.66. The van der Waals surface area contributed by atoms with Gasteiger partial charge in [-0.05, 0) is 24.3 Å². The van der Waals surface area contributed by atoms with Crippen molar-refractivity contribution in [1.29, 1.82) is 0 Å². The van der Waals surface area contributed by atoms with E-state index in [9.17, 15) is 50.8 Å². The Morgan fingerprint density at radius 1 is 0.700 bits per heavy atom. The number of benzene rings is 2. The molecule has 0 unspecified atom stereocenters. The van der Waals surface area contributed by atoms with Gasteiger partial charge in [-0.25, -0.2) is 0 Å². The molecule has 2 aliphatic heterocycles. The summed E-state index contributed by atoms with van der Waals surface area (Å²) >= 11 is 0. The summed E-state index contributed by atoms with van der Waals surface area (Å²) in [5.41, 5.74) is -1.10. The molecule has 15 nitrogen and oxygen atoms in total. The van der Waals surface area contributed by atoms with E-state index in [1.807, 2.05) is 0 Å². The molecular weight excluding hydrogens is 540 g/mol. The third-order valence-corrected chi connectivity index (χ3v) is 6.56. The Hall–Kier alpha value is -3.67. The van der Waals surface area contributed by atoms with Crippen molar-refractivity contribution < 1.29 is 69.3 Å². The minimum absolute atomic E-state index is 0.0677. The number of fused-ring (bicyclic) bond motifs is 1. The molecule has 216 valence electrons. The maximum absolute atomic E-state index is 13.2. The molecule has 1 aromatic heterocycles. The predicted molar refractivity (Wildman–Crippen MR) is 130 cm³/mol. The quantitative estimate of drug-likeness (QED) is 0.165. The maximum atomic E-state index is 13.2. The molecule has 3 aromatic rings. The van der Waals surface area contributed by atoms with Crippen molar-refractivity contribution in [2.45, 2.75) is 49.2 Å². The van der Waals surface area contributed by atoms with Gasteiger partial charge < -0.3 is 69.3 Å². The summed E-state index contributed by atoms with van der Waals surface area (Å²) in [4.78, 5) is 13.2. The Bertz CT molecular complexity index is 1440. The molecule has 2 fully saturated rings. The van der Waals surface area contributed by atoms with Crippen LogP contribution in [0, 0.1) is 0 Å². The van der Waals surface area contributed by atoms with E-state index in [0.717, 1.165) is 6.07 Å². The molecule has 40 heavy (non-hydrogen) atoms. The second kappa shape index (κ2) is 10.7. The average molecular weight is 566 g/mol. The SMILES string of the molecule is O=c1cc(-c2ccc(O)cc2)oc2c(O[C@@H]3OC[C@@H](O)[C@H](O)[C@H]3O)c(O)c(O[C@H]3OC[C@@H](O)[C@@H](O)[C@@H]3O)c(O)c12. The van der Waals surface area contributed by atoms with Crippen molar-refractivity contribution in [1.82, 2.24) is 0 Å². The zero-order valence-electron chi connectivity index (χ0n) is 20.4. The first-order chi connectivity index (χ1) is 19.0. The van der Waals surface area contributed by atoms with Crippen molar-refractivity contribution in [3.05, 3.63) is 40.6 Å². The summed E-state index contributed by atoms with van der Waals surface area (Å²) in [6.45, 7) is -0.962. The highest BCUT2D eigenvalue weighted by Gasteiger charge is 2.42. The zero-order valence-corrected chi connectivity index (χ0v) is 20.4. The first-order valence-corrected chi connectivity index (χ1v) is 12.0. The van der Waals surface area contributed by atoms with Gasteiger partial charge >= 0.3 is 0 Å². The van der Waals surface area contributed by atoms with Crippen LogP contribution >= 0.6 is 0 Å². The monoisotopic (exact) mass is 566 g/mol. The second-order valence-electron chi connectivity index (χ2n) is 9.32. The highest BCUT2D eigenvalue weighted by Crippen LogP contribution is 2.51. The number of hydrogen-bond donors (Lipinski definition) is 9. The molecule has 9 N–H and O–H groups in total. The number of ether oxygens (including phenoxy) is 4. The van der Waals surface area contributed by atoms with E-state index in [1.54, 1.807) is 0 Å². The lowest BCUT2D eigenvalue weighted by Crippen LogP contribution is -2.55. The van der Waals surface area contributed by atoms with Gasteiger partial charge in [0.15, 0.2) is 16.8 Å². The van der Waals surface area contributed by atoms with Crippen molar-refractivity contribution >= 4 is 11.0 Å². The van der Waals surface area contributed by atoms with E-state index in [2.05, 4.69) is 0 Å². The van der Waals surface area contributed by atoms with Gasteiger partial charge in [0.05, 0.1) is 13.2 Å². The molecule has 0 radical (unpaired) electrons. The smallest absolute Gasteiger partial charge is 0.229 e. The number of rotatable bonds is 5. The second-order valence-corrected chi connectivity index (χ2v) is 9.32. The normalized spacial score (nSPS) is 30.8. The summed E-state index contributed by atoms with van der Waals surface area (Å²) in [6, 6.07) is 6.48. The predicted octanol–water partition coefficient (Wildman–Crippen LogP) is -1.79. The van der Waals surface area contributed by atoms with Crippen molar-refractivity contribution in [2.24, 2.45) is 0 Å². The molecule has 8 atom stereocenters. The Kier molecular flexibility index (Phi) is 7.47. The van der Waals surface area contributed by atoms with E-state index >= 15 is 0 Å². The lowest BCUT2D eigenvalue weighted by molar-refractivity contribution is -0.243. The van der Waals surface area contributed by atoms with Crippen LogP contribution < -0.4 is 14.9 Å². The molecule has 0 spiro atoms. The summed E-state index contributed by atoms with van der Waals surface area (Å²) in [6.07, 6.45) is -13.5. The van der Waals surface area contributed by atoms with Gasteiger partial charge in [0, 0.05) is 11.6 Å². The zero-order chi connectivity index (χ0) is 28.9. The molecule has 2 aliphatic rings. The minimum Gasteiger partial charge on any atom is -0.508 e. The van der Waals surface area contributed by atoms with Crippen molar-refractivity contribution in [3.63, 3.8) is 0 Å². The van der Waals surface area contributed by atoms with Crippen LogP contribution in [0.25, 0.3) is 22.3 Å². The molecule has 5 rings (SSSR count). The number of aromatic hydroxyl groups is 3. The van der Waals surface area contributed by atoms with Crippen LogP contribution in [0.5, 0.6) is 28.7 Å². The van der Waals surface area contributed by atoms with Gasteiger partial charge in [-0.15, -0.1) is 0 Å². The Morgan fingerprint density at radius 2 is 1.23 bits per heavy atom. The fraction of sp³-hybridized carbons (Fsp3) is 0.400. The van der Waals surface area contributed by atoms with Gasteiger partial charge in [0.2, 0.25) is 29.8 Å². The minimum atomic E-state index is -1.85. The van der Waals surface area contributed by atoms with Gasteiger partial charge in [-0.3, -0.25) is 4.79 Å². The first kappa shape index (κ1) is 27.9. The van der Waals surface area contributed by atoms with Gasteiger partial charge in [0.25, 0.3) is 0 Å². The fourth-order valence-electron chi connectivity index (χ4n) is 4.30. The van der Waals surface area contributed by atoms with Crippen molar-refractivity contribution in [2.75, 3.05) is 13.2 Å². The lowest BCUT2D eigenvalue weighted by Gasteiger charge is -2.36. The molecule has 3 heterocycles. The summed E-state index contributed by atoms with van der Waals surface area (Å²) < 4.78 is 27.2. The molecule has 0 aliphatic carbocycles. The average Bonchev–Trinajstić information content (AvgIpc) is 2.93. The van der Waals surface area contributed by atoms with Crippen LogP contribution in [0.3, 0.4) is 0 Å². The molecule has 0 saturated carbocycles. The number of aliphatic hydroxyl groups is 6. The molecule has 0 bridgehead atoms. The van der Waals surface area contributed by atoms with Crippen LogP contribution in [-0.2, 0) is 9.47 Å². The first-order valence-electron chi connectivity index (χ1n) is 12.0. The third-order valence-electron chi connectivity index (χ3n) is 6.56. The number of phenolic OH excluding ortho intramolecular Hbond substituents is 3. The third kappa shape index (κ3) is 4.89.